The zero-order valence-corrected chi connectivity index (χ0v) is 24.3. The van der Waals surface area contributed by atoms with E-state index in [-0.39, 0.29) is 10.8 Å². The number of fused-ring (bicyclic) bond motifs is 4. The van der Waals surface area contributed by atoms with Crippen molar-refractivity contribution in [2.75, 3.05) is 9.34 Å². The lowest BCUT2D eigenvalue weighted by Crippen LogP contribution is -2.41. The highest BCUT2D eigenvalue weighted by Gasteiger charge is 2.51. The van der Waals surface area contributed by atoms with Gasteiger partial charge < -0.3 is 0 Å². The topological polar surface area (TPSA) is 23.6 Å². The first-order valence-corrected chi connectivity index (χ1v) is 15.5. The molecule has 0 spiro atoms. The van der Waals surface area contributed by atoms with E-state index in [0.717, 1.165) is 28.1 Å². The highest BCUT2D eigenvalue weighted by molar-refractivity contribution is 7.75. The SMILES string of the molecule is CC1(C)c2ccccc2N(P(=O)(c2ccccc2)N2c3ccccc3C(C)(C)c3ccccc32)c2ccccc21. The summed E-state index contributed by atoms with van der Waals surface area (Å²) < 4.78 is 21.0. The first-order valence-electron chi connectivity index (χ1n) is 13.9. The number of hydrogen-bond donors (Lipinski definition) is 0. The summed E-state index contributed by atoms with van der Waals surface area (Å²) in [5.74, 6) is 0. The smallest absolute Gasteiger partial charge is 0.271 e. The monoisotopic (exact) mass is 540 g/mol. The quantitative estimate of drug-likeness (QED) is 0.213. The maximum Gasteiger partial charge on any atom is 0.301 e. The van der Waals surface area contributed by atoms with Gasteiger partial charge in [-0.15, -0.1) is 0 Å². The molecule has 4 heteroatoms. The molecule has 3 nitrogen and oxygen atoms in total. The molecule has 0 saturated heterocycles. The van der Waals surface area contributed by atoms with Gasteiger partial charge in [0.05, 0.1) is 28.1 Å². The Morgan fingerprint density at radius 1 is 0.425 bits per heavy atom. The van der Waals surface area contributed by atoms with Crippen molar-refractivity contribution in [3.8, 4) is 0 Å². The van der Waals surface area contributed by atoms with Crippen LogP contribution in [0, 0.1) is 0 Å². The van der Waals surface area contributed by atoms with E-state index in [9.17, 15) is 0 Å². The maximum atomic E-state index is 16.6. The minimum atomic E-state index is -3.60. The minimum Gasteiger partial charge on any atom is -0.271 e. The van der Waals surface area contributed by atoms with E-state index >= 15 is 4.57 Å². The van der Waals surface area contributed by atoms with Gasteiger partial charge in [0, 0.05) is 10.8 Å². The van der Waals surface area contributed by atoms with Crippen molar-refractivity contribution >= 4 is 35.5 Å². The second-order valence-corrected chi connectivity index (χ2v) is 14.2. The summed E-state index contributed by atoms with van der Waals surface area (Å²) in [6.45, 7) is 9.07. The lowest BCUT2D eigenvalue weighted by atomic mass is 9.74. The van der Waals surface area contributed by atoms with Crippen LogP contribution in [0.3, 0.4) is 0 Å². The molecule has 0 bridgehead atoms. The fraction of sp³-hybridized carbons (Fsp3) is 0.167. The zero-order valence-electron chi connectivity index (χ0n) is 23.4. The van der Waals surface area contributed by atoms with Crippen LogP contribution >= 0.6 is 7.44 Å². The molecule has 5 aromatic rings. The van der Waals surface area contributed by atoms with E-state index in [1.54, 1.807) is 0 Å². The summed E-state index contributed by atoms with van der Waals surface area (Å²) >= 11 is 0. The molecule has 7 rings (SSSR count). The van der Waals surface area contributed by atoms with Gasteiger partial charge in [0.25, 0.3) is 0 Å². The number of hydrogen-bond acceptors (Lipinski definition) is 1. The van der Waals surface area contributed by atoms with E-state index in [1.807, 2.05) is 30.3 Å². The van der Waals surface area contributed by atoms with Crippen LogP contribution in [0.2, 0.25) is 0 Å². The van der Waals surface area contributed by atoms with Crippen molar-refractivity contribution < 1.29 is 4.57 Å². The molecule has 5 aromatic carbocycles. The molecule has 0 atom stereocenters. The van der Waals surface area contributed by atoms with Crippen molar-refractivity contribution in [2.24, 2.45) is 0 Å². The molecule has 0 unspecified atom stereocenters. The molecule has 0 N–H and O–H groups in total. The van der Waals surface area contributed by atoms with Gasteiger partial charge >= 0.3 is 7.44 Å². The van der Waals surface area contributed by atoms with Crippen LogP contribution < -0.4 is 14.6 Å². The Bertz CT molecular complexity index is 1600. The van der Waals surface area contributed by atoms with E-state index in [4.69, 9.17) is 0 Å². The summed E-state index contributed by atoms with van der Waals surface area (Å²) in [4.78, 5) is 0. The van der Waals surface area contributed by atoms with Crippen LogP contribution in [0.5, 0.6) is 0 Å². The minimum absolute atomic E-state index is 0.245. The molecule has 2 aliphatic rings. The second kappa shape index (κ2) is 8.71. The Morgan fingerprint density at radius 3 is 1.02 bits per heavy atom. The predicted octanol–water partition coefficient (Wildman–Crippen LogP) is 9.46. The van der Waals surface area contributed by atoms with E-state index in [2.05, 4.69) is 134 Å². The summed E-state index contributed by atoms with van der Waals surface area (Å²) in [6, 6.07) is 43.9. The molecule has 0 fully saturated rings. The first-order chi connectivity index (χ1) is 19.3. The molecule has 2 heterocycles. The van der Waals surface area contributed by atoms with Gasteiger partial charge in [0.2, 0.25) is 0 Å². The van der Waals surface area contributed by atoms with E-state index < -0.39 is 7.44 Å². The largest absolute Gasteiger partial charge is 0.301 e. The Labute approximate surface area is 237 Å². The van der Waals surface area contributed by atoms with E-state index in [0.29, 0.717) is 0 Å². The zero-order chi connectivity index (χ0) is 27.7. The highest BCUT2D eigenvalue weighted by Crippen LogP contribution is 2.69. The molecule has 40 heavy (non-hydrogen) atoms. The fourth-order valence-corrected chi connectivity index (χ4v) is 9.89. The fourth-order valence-electron chi connectivity index (χ4n) is 6.82. The van der Waals surface area contributed by atoms with Crippen LogP contribution in [0.25, 0.3) is 0 Å². The third-order valence-corrected chi connectivity index (χ3v) is 11.8. The lowest BCUT2D eigenvalue weighted by Gasteiger charge is -2.51. The van der Waals surface area contributed by atoms with Gasteiger partial charge in [-0.3, -0.25) is 13.9 Å². The normalized spacial score (nSPS) is 16.4. The summed E-state index contributed by atoms with van der Waals surface area (Å²) in [7, 11) is -3.60. The second-order valence-electron chi connectivity index (χ2n) is 11.8. The van der Waals surface area contributed by atoms with Crippen LogP contribution in [-0.2, 0) is 15.4 Å². The number of para-hydroxylation sites is 4. The maximum absolute atomic E-state index is 16.6. The molecule has 198 valence electrons. The van der Waals surface area contributed by atoms with Crippen LogP contribution in [0.15, 0.2) is 127 Å². The Balaban J connectivity index is 1.63. The molecular formula is C36H33N2OP. The average Bonchev–Trinajstić information content (AvgIpc) is 2.98. The lowest BCUT2D eigenvalue weighted by molar-refractivity contribution is 0.575. The van der Waals surface area contributed by atoms with Gasteiger partial charge in [-0.05, 0) is 58.7 Å². The summed E-state index contributed by atoms with van der Waals surface area (Å²) in [5, 5.41) is 0.795. The van der Waals surface area contributed by atoms with Crippen molar-refractivity contribution in [3.05, 3.63) is 150 Å². The third kappa shape index (κ3) is 3.28. The Hall–Kier alpha value is -4.07. The Morgan fingerprint density at radius 2 is 0.700 bits per heavy atom. The van der Waals surface area contributed by atoms with Crippen LogP contribution in [-0.4, -0.2) is 0 Å². The molecule has 0 radical (unpaired) electrons. The van der Waals surface area contributed by atoms with Crippen LogP contribution in [0.1, 0.15) is 49.9 Å². The Kier molecular flexibility index (Phi) is 5.43. The highest BCUT2D eigenvalue weighted by atomic mass is 31.2. The molecule has 0 aliphatic carbocycles. The third-order valence-electron chi connectivity index (χ3n) is 8.86. The summed E-state index contributed by atoms with van der Waals surface area (Å²) in [6.07, 6.45) is 0. The summed E-state index contributed by atoms with van der Waals surface area (Å²) in [5.41, 5.74) is 8.13. The van der Waals surface area contributed by atoms with Crippen molar-refractivity contribution in [2.45, 2.75) is 38.5 Å². The number of nitrogens with zero attached hydrogens (tertiary/aromatic N) is 2. The van der Waals surface area contributed by atoms with Gasteiger partial charge in [0.1, 0.15) is 0 Å². The molecular weight excluding hydrogens is 507 g/mol. The average molecular weight is 541 g/mol. The molecule has 0 amide bonds. The molecule has 2 aliphatic heterocycles. The van der Waals surface area contributed by atoms with Crippen molar-refractivity contribution in [1.82, 2.24) is 0 Å². The first kappa shape index (κ1) is 24.9. The van der Waals surface area contributed by atoms with Crippen molar-refractivity contribution in [1.29, 1.82) is 0 Å². The standard InChI is InChI=1S/C36H33N2OP/c1-35(2)27-18-8-12-22-31(27)37(32-23-13-9-19-28(32)35)40(39,26-16-6-5-7-17-26)38-33-24-14-10-20-29(33)36(3,4)30-21-11-15-25-34(30)38/h5-25H,1-4H3. The van der Waals surface area contributed by atoms with E-state index in [1.165, 1.54) is 22.3 Å². The number of rotatable bonds is 3. The molecule has 0 saturated carbocycles. The van der Waals surface area contributed by atoms with Gasteiger partial charge in [-0.2, -0.15) is 0 Å². The molecule has 0 aromatic heterocycles. The van der Waals surface area contributed by atoms with Gasteiger partial charge in [-0.1, -0.05) is 119 Å². The predicted molar refractivity (Wildman–Crippen MR) is 168 cm³/mol. The van der Waals surface area contributed by atoms with Crippen LogP contribution in [0.4, 0.5) is 22.7 Å². The van der Waals surface area contributed by atoms with Gasteiger partial charge in [-0.25, -0.2) is 0 Å². The van der Waals surface area contributed by atoms with Gasteiger partial charge in [0.15, 0.2) is 0 Å². The number of benzene rings is 5. The van der Waals surface area contributed by atoms with Crippen molar-refractivity contribution in [3.63, 3.8) is 0 Å². The number of anilines is 4.